The summed E-state index contributed by atoms with van der Waals surface area (Å²) in [6, 6.07) is 18.2. The molecule has 2 aromatic carbocycles. The number of hydrogen-bond acceptors (Lipinski definition) is 7. The minimum atomic E-state index is 0.0840. The zero-order valence-electron chi connectivity index (χ0n) is 16.8. The summed E-state index contributed by atoms with van der Waals surface area (Å²) < 4.78 is 1.94. The van der Waals surface area contributed by atoms with Crippen LogP contribution >= 0.6 is 0 Å². The number of fused-ring (bicyclic) bond motifs is 1. The van der Waals surface area contributed by atoms with Crippen LogP contribution in [-0.4, -0.2) is 29.5 Å². The van der Waals surface area contributed by atoms with Gasteiger partial charge < -0.3 is 11.1 Å². The summed E-state index contributed by atoms with van der Waals surface area (Å²) in [5.74, 6) is 1.55. The number of anilines is 2. The Labute approximate surface area is 178 Å². The molecule has 0 bridgehead atoms. The fraction of sp³-hybridized carbons (Fsp3) is 0.0870. The average Bonchev–Trinajstić information content (AvgIpc) is 3.24. The lowest BCUT2D eigenvalue weighted by molar-refractivity contribution is 0.854. The number of benzene rings is 2. The molecular weight excluding hydrogens is 388 g/mol. The van der Waals surface area contributed by atoms with E-state index in [9.17, 15) is 0 Å². The summed E-state index contributed by atoms with van der Waals surface area (Å²) in [5.41, 5.74) is 10.4. The van der Waals surface area contributed by atoms with Gasteiger partial charge in [-0.05, 0) is 36.2 Å². The highest BCUT2D eigenvalue weighted by molar-refractivity contribution is 5.83. The standard InChI is InChI=1S/C23H20N8/c1-15(16-5-3-2-4-6-16)29-23-25-10-9-21(30-23)31-14-28-19-11-17(7-8-20(19)31)18-12-26-22(24)27-13-18/h2-15H,1H3,(H2,24,26,27)(H,25,29,30)/t15-/m0/s1. The maximum Gasteiger partial charge on any atom is 0.225 e. The highest BCUT2D eigenvalue weighted by atomic mass is 15.2. The Balaban J connectivity index is 1.44. The first-order valence-corrected chi connectivity index (χ1v) is 9.87. The van der Waals surface area contributed by atoms with Crippen LogP contribution in [-0.2, 0) is 0 Å². The van der Waals surface area contributed by atoms with Gasteiger partial charge in [0.25, 0.3) is 0 Å². The van der Waals surface area contributed by atoms with Gasteiger partial charge in [0, 0.05) is 24.2 Å². The van der Waals surface area contributed by atoms with E-state index in [1.165, 1.54) is 5.56 Å². The number of rotatable bonds is 5. The van der Waals surface area contributed by atoms with Crippen LogP contribution in [0.1, 0.15) is 18.5 Å². The third-order valence-electron chi connectivity index (χ3n) is 5.09. The molecule has 5 rings (SSSR count). The zero-order chi connectivity index (χ0) is 21.2. The summed E-state index contributed by atoms with van der Waals surface area (Å²) in [6.07, 6.45) is 6.92. The van der Waals surface area contributed by atoms with E-state index in [2.05, 4.69) is 49.3 Å². The van der Waals surface area contributed by atoms with Crippen molar-refractivity contribution >= 4 is 22.9 Å². The number of imidazole rings is 1. The van der Waals surface area contributed by atoms with Crippen molar-refractivity contribution < 1.29 is 0 Å². The van der Waals surface area contributed by atoms with Crippen LogP contribution in [0.25, 0.3) is 28.0 Å². The Bertz CT molecular complexity index is 1330. The van der Waals surface area contributed by atoms with Crippen LogP contribution < -0.4 is 11.1 Å². The van der Waals surface area contributed by atoms with Gasteiger partial charge >= 0.3 is 0 Å². The van der Waals surface area contributed by atoms with Crippen LogP contribution in [0.15, 0.2) is 79.5 Å². The molecule has 8 nitrogen and oxygen atoms in total. The smallest absolute Gasteiger partial charge is 0.225 e. The molecule has 0 fully saturated rings. The van der Waals surface area contributed by atoms with E-state index in [1.54, 1.807) is 24.9 Å². The molecule has 8 heteroatoms. The highest BCUT2D eigenvalue weighted by Crippen LogP contribution is 2.25. The van der Waals surface area contributed by atoms with Crippen LogP contribution in [0.4, 0.5) is 11.9 Å². The lowest BCUT2D eigenvalue weighted by Gasteiger charge is -2.14. The van der Waals surface area contributed by atoms with E-state index < -0.39 is 0 Å². The summed E-state index contributed by atoms with van der Waals surface area (Å²) in [6.45, 7) is 2.08. The first-order valence-electron chi connectivity index (χ1n) is 9.87. The third kappa shape index (κ3) is 3.78. The first kappa shape index (κ1) is 18.7. The molecule has 0 amide bonds. The largest absolute Gasteiger partial charge is 0.368 e. The fourth-order valence-electron chi connectivity index (χ4n) is 3.43. The quantitative estimate of drug-likeness (QED) is 0.452. The number of nitrogen functional groups attached to an aromatic ring is 1. The van der Waals surface area contributed by atoms with Gasteiger partial charge in [0.2, 0.25) is 11.9 Å². The molecule has 1 atom stereocenters. The van der Waals surface area contributed by atoms with Crippen molar-refractivity contribution in [3.05, 3.63) is 85.1 Å². The van der Waals surface area contributed by atoms with Gasteiger partial charge in [-0.2, -0.15) is 4.98 Å². The maximum absolute atomic E-state index is 5.58. The third-order valence-corrected chi connectivity index (χ3v) is 5.09. The van der Waals surface area contributed by atoms with E-state index in [0.29, 0.717) is 5.95 Å². The van der Waals surface area contributed by atoms with Crippen LogP contribution in [0.2, 0.25) is 0 Å². The molecule has 31 heavy (non-hydrogen) atoms. The number of hydrogen-bond donors (Lipinski definition) is 2. The first-order chi connectivity index (χ1) is 15.2. The van der Waals surface area contributed by atoms with Gasteiger partial charge in [-0.3, -0.25) is 4.57 Å². The summed E-state index contributed by atoms with van der Waals surface area (Å²) in [5, 5.41) is 3.36. The van der Waals surface area contributed by atoms with Gasteiger partial charge in [-0.1, -0.05) is 36.4 Å². The predicted molar refractivity (Wildman–Crippen MR) is 121 cm³/mol. The van der Waals surface area contributed by atoms with E-state index in [1.807, 2.05) is 47.0 Å². The second-order valence-corrected chi connectivity index (χ2v) is 7.16. The van der Waals surface area contributed by atoms with Crippen LogP contribution in [0, 0.1) is 0 Å². The monoisotopic (exact) mass is 408 g/mol. The molecule has 3 heterocycles. The predicted octanol–water partition coefficient (Wildman–Crippen LogP) is 4.03. The molecule has 0 spiro atoms. The van der Waals surface area contributed by atoms with Crippen molar-refractivity contribution in [2.45, 2.75) is 13.0 Å². The summed E-state index contributed by atoms with van der Waals surface area (Å²) in [4.78, 5) is 21.7. The van der Waals surface area contributed by atoms with E-state index in [0.717, 1.165) is 28.0 Å². The molecule has 0 aliphatic rings. The second-order valence-electron chi connectivity index (χ2n) is 7.16. The van der Waals surface area contributed by atoms with Crippen molar-refractivity contribution in [2.24, 2.45) is 0 Å². The molecule has 5 aromatic rings. The Morgan fingerprint density at radius 2 is 1.71 bits per heavy atom. The number of nitrogens with zero attached hydrogens (tertiary/aromatic N) is 6. The van der Waals surface area contributed by atoms with Crippen LogP contribution in [0.3, 0.4) is 0 Å². The van der Waals surface area contributed by atoms with Gasteiger partial charge in [0.1, 0.15) is 12.1 Å². The summed E-state index contributed by atoms with van der Waals surface area (Å²) in [7, 11) is 0. The normalized spacial score (nSPS) is 12.0. The lowest BCUT2D eigenvalue weighted by Crippen LogP contribution is -2.10. The van der Waals surface area contributed by atoms with Gasteiger partial charge in [-0.15, -0.1) is 0 Å². The van der Waals surface area contributed by atoms with Gasteiger partial charge in [-0.25, -0.2) is 19.9 Å². The molecule has 0 aliphatic carbocycles. The molecule has 152 valence electrons. The van der Waals surface area contributed by atoms with Crippen molar-refractivity contribution in [2.75, 3.05) is 11.1 Å². The fourth-order valence-corrected chi connectivity index (χ4v) is 3.43. The van der Waals surface area contributed by atoms with Crippen LogP contribution in [0.5, 0.6) is 0 Å². The number of aromatic nitrogens is 6. The lowest BCUT2D eigenvalue weighted by atomic mass is 10.1. The minimum Gasteiger partial charge on any atom is -0.368 e. The molecular formula is C23H20N8. The van der Waals surface area contributed by atoms with Crippen molar-refractivity contribution in [3.8, 4) is 16.9 Å². The number of nitrogens with one attached hydrogen (secondary N) is 1. The zero-order valence-corrected chi connectivity index (χ0v) is 16.8. The van der Waals surface area contributed by atoms with Gasteiger partial charge in [0.15, 0.2) is 0 Å². The molecule has 0 unspecified atom stereocenters. The Hall–Kier alpha value is -4.33. The molecule has 0 saturated heterocycles. The van der Waals surface area contributed by atoms with Crippen molar-refractivity contribution in [1.29, 1.82) is 0 Å². The Morgan fingerprint density at radius 1 is 0.903 bits per heavy atom. The molecule has 3 aromatic heterocycles. The van der Waals surface area contributed by atoms with Gasteiger partial charge in [0.05, 0.1) is 17.1 Å². The van der Waals surface area contributed by atoms with Crippen molar-refractivity contribution in [1.82, 2.24) is 29.5 Å². The molecule has 3 N–H and O–H groups in total. The van der Waals surface area contributed by atoms with E-state index >= 15 is 0 Å². The van der Waals surface area contributed by atoms with E-state index in [4.69, 9.17) is 5.73 Å². The Morgan fingerprint density at radius 3 is 2.52 bits per heavy atom. The molecule has 0 radical (unpaired) electrons. The molecule has 0 aliphatic heterocycles. The topological polar surface area (TPSA) is 107 Å². The van der Waals surface area contributed by atoms with E-state index in [-0.39, 0.29) is 12.0 Å². The SMILES string of the molecule is C[C@H](Nc1nccc(-n2cnc3cc(-c4cnc(N)nc4)ccc32)n1)c1ccccc1. The van der Waals surface area contributed by atoms with Crippen molar-refractivity contribution in [3.63, 3.8) is 0 Å². The average molecular weight is 408 g/mol. The minimum absolute atomic E-state index is 0.0840. The second kappa shape index (κ2) is 7.83. The maximum atomic E-state index is 5.58. The molecule has 0 saturated carbocycles. The Kier molecular flexibility index (Phi) is 4.72. The highest BCUT2D eigenvalue weighted by Gasteiger charge is 2.11. The summed E-state index contributed by atoms with van der Waals surface area (Å²) >= 11 is 0. The number of nitrogens with two attached hydrogens (primary N) is 1.